The van der Waals surface area contributed by atoms with Gasteiger partial charge in [-0.3, -0.25) is 4.79 Å². The largest absolute Gasteiger partial charge is 0.490 e. The molecule has 1 saturated carbocycles. The summed E-state index contributed by atoms with van der Waals surface area (Å²) >= 11 is 0. The van der Waals surface area contributed by atoms with Crippen molar-refractivity contribution >= 4 is 23.4 Å². The van der Waals surface area contributed by atoms with Crippen molar-refractivity contribution in [2.75, 3.05) is 42.3 Å². The molecule has 0 radical (unpaired) electrons. The second kappa shape index (κ2) is 7.41. The number of carbonyl (C=O) groups excluding carboxylic acids is 1. The molecule has 1 N–H and O–H groups in total. The van der Waals surface area contributed by atoms with Gasteiger partial charge in [0.15, 0.2) is 23.3 Å². The number of benzene rings is 1. The molecule has 1 amide bonds. The molecule has 0 atom stereocenters. The van der Waals surface area contributed by atoms with E-state index < -0.39 is 17.5 Å². The third kappa shape index (κ3) is 3.79. The van der Waals surface area contributed by atoms with E-state index >= 15 is 0 Å². The lowest BCUT2D eigenvalue weighted by Gasteiger charge is -2.35. The molecule has 29 heavy (non-hydrogen) atoms. The molecule has 2 aromatic rings. The van der Waals surface area contributed by atoms with Crippen LogP contribution in [0.25, 0.3) is 0 Å². The van der Waals surface area contributed by atoms with Crippen LogP contribution in [0.1, 0.15) is 12.8 Å². The number of nitrogens with zero attached hydrogens (tertiary/aromatic N) is 4. The molecule has 2 aliphatic rings. The highest BCUT2D eigenvalue weighted by atomic mass is 19.2. The van der Waals surface area contributed by atoms with Crippen LogP contribution in [-0.4, -0.2) is 49.2 Å². The van der Waals surface area contributed by atoms with E-state index in [0.29, 0.717) is 36.8 Å². The van der Waals surface area contributed by atoms with Crippen LogP contribution in [0.5, 0.6) is 5.75 Å². The van der Waals surface area contributed by atoms with Gasteiger partial charge in [0.05, 0.1) is 18.8 Å². The first-order chi connectivity index (χ1) is 13.8. The Balaban J connectivity index is 1.30. The lowest BCUT2D eigenvalue weighted by Crippen LogP contribution is -2.42. The van der Waals surface area contributed by atoms with Crippen molar-refractivity contribution in [3.05, 3.63) is 35.8 Å². The maximum absolute atomic E-state index is 13.2. The van der Waals surface area contributed by atoms with Crippen LogP contribution in [0.15, 0.2) is 18.3 Å². The second-order valence-electron chi connectivity index (χ2n) is 7.37. The molecule has 10 heteroatoms. The van der Waals surface area contributed by atoms with Crippen molar-refractivity contribution in [1.82, 2.24) is 9.97 Å². The van der Waals surface area contributed by atoms with Gasteiger partial charge in [0.1, 0.15) is 11.4 Å². The Labute approximate surface area is 165 Å². The summed E-state index contributed by atoms with van der Waals surface area (Å²) < 4.78 is 45.0. The quantitative estimate of drug-likeness (QED) is 0.769. The number of amides is 1. The fourth-order valence-corrected chi connectivity index (χ4v) is 3.45. The minimum atomic E-state index is -1.50. The fourth-order valence-electron chi connectivity index (χ4n) is 3.45. The molecule has 0 saturated heterocycles. The van der Waals surface area contributed by atoms with Gasteiger partial charge in [-0.25, -0.2) is 18.2 Å². The van der Waals surface area contributed by atoms with E-state index in [1.807, 2.05) is 0 Å². The topological polar surface area (TPSA) is 70.6 Å². The molecule has 4 rings (SSSR count). The van der Waals surface area contributed by atoms with Gasteiger partial charge >= 0.3 is 0 Å². The Morgan fingerprint density at radius 1 is 1.21 bits per heavy atom. The predicted octanol–water partition coefficient (Wildman–Crippen LogP) is 2.58. The Morgan fingerprint density at radius 2 is 1.90 bits per heavy atom. The average Bonchev–Trinajstić information content (AvgIpc) is 2.65. The monoisotopic (exact) mass is 407 g/mol. The molecule has 0 bridgehead atoms. The normalized spacial score (nSPS) is 20.9. The van der Waals surface area contributed by atoms with Crippen LogP contribution < -0.4 is 19.9 Å². The maximum atomic E-state index is 13.2. The number of hydrogen-bond acceptors (Lipinski definition) is 6. The van der Waals surface area contributed by atoms with Crippen LogP contribution >= 0.6 is 0 Å². The number of likely N-dealkylation sites (N-methyl/N-ethyl adjacent to an activating group) is 2. The zero-order chi connectivity index (χ0) is 20.7. The van der Waals surface area contributed by atoms with E-state index in [1.165, 1.54) is 4.90 Å². The van der Waals surface area contributed by atoms with E-state index in [2.05, 4.69) is 15.3 Å². The third-order valence-electron chi connectivity index (χ3n) is 5.22. The number of ether oxygens (including phenoxy) is 1. The van der Waals surface area contributed by atoms with E-state index in [4.69, 9.17) is 4.74 Å². The van der Waals surface area contributed by atoms with Gasteiger partial charge in [0, 0.05) is 32.8 Å². The molecule has 1 aromatic carbocycles. The van der Waals surface area contributed by atoms with Gasteiger partial charge < -0.3 is 19.9 Å². The number of rotatable bonds is 5. The lowest BCUT2D eigenvalue weighted by atomic mass is 9.82. The summed E-state index contributed by atoms with van der Waals surface area (Å²) in [6, 6.07) is 1.70. The summed E-state index contributed by atoms with van der Waals surface area (Å²) in [4.78, 5) is 23.9. The summed E-state index contributed by atoms with van der Waals surface area (Å²) in [5.41, 5.74) is 0.658. The van der Waals surface area contributed by atoms with Gasteiger partial charge in [0.25, 0.3) is 0 Å². The molecule has 1 fully saturated rings. The van der Waals surface area contributed by atoms with Crippen molar-refractivity contribution in [2.45, 2.75) is 18.9 Å². The molecule has 1 aliphatic carbocycles. The third-order valence-corrected chi connectivity index (χ3v) is 5.22. The van der Waals surface area contributed by atoms with Gasteiger partial charge in [-0.2, -0.15) is 4.98 Å². The number of hydrogen-bond donors (Lipinski definition) is 1. The minimum absolute atomic E-state index is 0.0162. The highest BCUT2D eigenvalue weighted by Crippen LogP contribution is 2.33. The van der Waals surface area contributed by atoms with E-state index in [1.54, 1.807) is 25.2 Å². The number of nitrogens with one attached hydrogen (secondary N) is 1. The molecule has 7 nitrogen and oxygen atoms in total. The number of fused-ring (bicyclic) bond motifs is 1. The van der Waals surface area contributed by atoms with E-state index in [-0.39, 0.29) is 30.2 Å². The van der Waals surface area contributed by atoms with Crippen molar-refractivity contribution < 1.29 is 22.7 Å². The van der Waals surface area contributed by atoms with Gasteiger partial charge in [-0.1, -0.05) is 0 Å². The van der Waals surface area contributed by atoms with Gasteiger partial charge in [0.2, 0.25) is 11.9 Å². The van der Waals surface area contributed by atoms with Crippen molar-refractivity contribution in [3.8, 4) is 5.75 Å². The molecule has 1 aliphatic heterocycles. The number of aromatic nitrogens is 2. The van der Waals surface area contributed by atoms with Crippen molar-refractivity contribution in [1.29, 1.82) is 0 Å². The van der Waals surface area contributed by atoms with Crippen LogP contribution in [0, 0.1) is 23.4 Å². The van der Waals surface area contributed by atoms with E-state index in [9.17, 15) is 18.0 Å². The number of carbonyl (C=O) groups is 1. The zero-order valence-corrected chi connectivity index (χ0v) is 16.0. The fraction of sp³-hybridized carbons (Fsp3) is 0.421. The van der Waals surface area contributed by atoms with Crippen molar-refractivity contribution in [3.63, 3.8) is 0 Å². The Kier molecular flexibility index (Phi) is 4.93. The summed E-state index contributed by atoms with van der Waals surface area (Å²) in [5, 5.41) is 3.18. The predicted molar refractivity (Wildman–Crippen MR) is 101 cm³/mol. The first-order valence-corrected chi connectivity index (χ1v) is 9.21. The lowest BCUT2D eigenvalue weighted by molar-refractivity contribution is -0.117. The molecule has 154 valence electrons. The average molecular weight is 407 g/mol. The summed E-state index contributed by atoms with van der Waals surface area (Å²) in [6.45, 7) is 0.870. The molecule has 1 aromatic heterocycles. The summed E-state index contributed by atoms with van der Waals surface area (Å²) in [7, 11) is 3.49. The summed E-state index contributed by atoms with van der Waals surface area (Å²) in [6.07, 6.45) is 2.81. The number of anilines is 3. The van der Waals surface area contributed by atoms with Crippen molar-refractivity contribution in [2.24, 2.45) is 5.92 Å². The molecular formula is C19H20F3N5O2. The first kappa shape index (κ1) is 19.3. The SMILES string of the molecule is CN1CC(=O)N(C)c2cnc(NCC3CC(Oc4cc(F)c(F)c(F)c4)C3)nc21. The first-order valence-electron chi connectivity index (χ1n) is 9.21. The van der Waals surface area contributed by atoms with Crippen LogP contribution in [0.2, 0.25) is 0 Å². The molecule has 0 spiro atoms. The smallest absolute Gasteiger partial charge is 0.246 e. The van der Waals surface area contributed by atoms with Gasteiger partial charge in [-0.15, -0.1) is 0 Å². The Hall–Kier alpha value is -3.04. The van der Waals surface area contributed by atoms with Crippen LogP contribution in [0.3, 0.4) is 0 Å². The minimum Gasteiger partial charge on any atom is -0.490 e. The molecule has 2 heterocycles. The van der Waals surface area contributed by atoms with E-state index in [0.717, 1.165) is 12.1 Å². The molecular weight excluding hydrogens is 387 g/mol. The summed E-state index contributed by atoms with van der Waals surface area (Å²) in [5.74, 6) is -2.64. The Morgan fingerprint density at radius 3 is 2.59 bits per heavy atom. The van der Waals surface area contributed by atoms with Crippen LogP contribution in [-0.2, 0) is 4.79 Å². The van der Waals surface area contributed by atoms with Crippen LogP contribution in [0.4, 0.5) is 30.6 Å². The zero-order valence-electron chi connectivity index (χ0n) is 16.0. The standard InChI is InChI=1S/C19H20F3N5O2/c1-26-9-16(28)27(2)15-8-24-19(25-18(15)26)23-7-10-3-11(4-10)29-12-5-13(20)17(22)14(21)6-12/h5-6,8,10-11H,3-4,7,9H2,1-2H3,(H,23,24,25). The highest BCUT2D eigenvalue weighted by molar-refractivity contribution is 6.01. The number of halogens is 3. The van der Waals surface area contributed by atoms with Gasteiger partial charge in [-0.05, 0) is 18.8 Å². The maximum Gasteiger partial charge on any atom is 0.246 e. The second-order valence-corrected chi connectivity index (χ2v) is 7.37. The molecule has 0 unspecified atom stereocenters. The highest BCUT2D eigenvalue weighted by Gasteiger charge is 2.32. The Bertz CT molecular complexity index is 928.